The molecule has 7 nitrogen and oxygen atoms in total. The summed E-state index contributed by atoms with van der Waals surface area (Å²) in [7, 11) is -3.71. The van der Waals surface area contributed by atoms with Gasteiger partial charge in [0.25, 0.3) is 0 Å². The van der Waals surface area contributed by atoms with Gasteiger partial charge in [0.2, 0.25) is 10.0 Å². The Morgan fingerprint density at radius 3 is 2.75 bits per heavy atom. The molecule has 4 aromatic rings. The molecule has 0 saturated carbocycles. The zero-order chi connectivity index (χ0) is 22.3. The van der Waals surface area contributed by atoms with Crippen molar-refractivity contribution in [2.45, 2.75) is 17.9 Å². The van der Waals surface area contributed by atoms with Crippen LogP contribution in [0, 0.1) is 0 Å². The Labute approximate surface area is 198 Å². The van der Waals surface area contributed by atoms with Gasteiger partial charge in [0.05, 0.1) is 21.9 Å². The minimum Gasteiger partial charge on any atom is -0.339 e. The van der Waals surface area contributed by atoms with E-state index in [1.54, 1.807) is 12.4 Å². The average molecular weight is 531 g/mol. The predicted octanol–water partition coefficient (Wildman–Crippen LogP) is 4.93. The van der Waals surface area contributed by atoms with Crippen LogP contribution in [0.2, 0.25) is 5.15 Å². The van der Waals surface area contributed by atoms with E-state index in [-0.39, 0.29) is 16.6 Å². The van der Waals surface area contributed by atoms with Gasteiger partial charge in [-0.05, 0) is 52.2 Å². The van der Waals surface area contributed by atoms with Crippen LogP contribution in [-0.2, 0) is 23.0 Å². The summed E-state index contributed by atoms with van der Waals surface area (Å²) >= 11 is 9.16. The zero-order valence-corrected chi connectivity index (χ0v) is 19.8. The number of hydrogen-bond donors (Lipinski definition) is 1. The summed E-state index contributed by atoms with van der Waals surface area (Å²) in [5.41, 5.74) is 3.66. The SMILES string of the molecule is O=S(=O)(c1cnc(Cl)c(Br)c1)N1CCc2c(ccnc2Nc2cnc3ccccc3c2)C1. The molecule has 32 heavy (non-hydrogen) atoms. The van der Waals surface area contributed by atoms with Crippen LogP contribution in [0.25, 0.3) is 10.9 Å². The molecule has 1 aromatic carbocycles. The molecule has 0 atom stereocenters. The molecule has 1 aliphatic rings. The van der Waals surface area contributed by atoms with Crippen molar-refractivity contribution in [3.8, 4) is 0 Å². The maximum absolute atomic E-state index is 13.1. The molecule has 3 aromatic heterocycles. The van der Waals surface area contributed by atoms with Crippen LogP contribution in [0.3, 0.4) is 0 Å². The number of pyridine rings is 3. The van der Waals surface area contributed by atoms with E-state index < -0.39 is 10.0 Å². The lowest BCUT2D eigenvalue weighted by Crippen LogP contribution is -2.36. The molecule has 0 aliphatic carbocycles. The Hall–Kier alpha value is -2.59. The number of halogens is 2. The number of nitrogens with zero attached hydrogens (tertiary/aromatic N) is 4. The lowest BCUT2D eigenvalue weighted by atomic mass is 10.0. The molecule has 162 valence electrons. The number of nitrogens with one attached hydrogen (secondary N) is 1. The summed E-state index contributed by atoms with van der Waals surface area (Å²) in [6, 6.07) is 13.3. The molecule has 1 N–H and O–H groups in total. The third-order valence-corrected chi connectivity index (χ3v) is 8.32. The topological polar surface area (TPSA) is 88.1 Å². The van der Waals surface area contributed by atoms with Crippen LogP contribution in [-0.4, -0.2) is 34.2 Å². The molecule has 0 unspecified atom stereocenters. The second-order valence-electron chi connectivity index (χ2n) is 7.37. The Kier molecular flexibility index (Phi) is 5.58. The molecular weight excluding hydrogens is 514 g/mol. The minimum absolute atomic E-state index is 0.104. The van der Waals surface area contributed by atoms with Crippen molar-refractivity contribution in [3.63, 3.8) is 0 Å². The number of para-hydroxylation sites is 1. The molecule has 4 heterocycles. The van der Waals surface area contributed by atoms with Crippen LogP contribution in [0.1, 0.15) is 11.1 Å². The summed E-state index contributed by atoms with van der Waals surface area (Å²) < 4.78 is 28.2. The molecule has 1 aliphatic heterocycles. The van der Waals surface area contributed by atoms with Gasteiger partial charge in [-0.25, -0.2) is 18.4 Å². The minimum atomic E-state index is -3.71. The van der Waals surface area contributed by atoms with E-state index in [1.165, 1.54) is 16.6 Å². The Balaban J connectivity index is 1.42. The van der Waals surface area contributed by atoms with E-state index in [4.69, 9.17) is 11.6 Å². The zero-order valence-electron chi connectivity index (χ0n) is 16.7. The van der Waals surface area contributed by atoms with Gasteiger partial charge in [-0.3, -0.25) is 4.98 Å². The standard InChI is InChI=1S/C22H17BrClN5O2S/c23-19-10-17(12-27-21(19)24)32(30,31)29-8-6-18-15(13-29)5-7-25-22(18)28-16-9-14-3-1-2-4-20(14)26-11-16/h1-5,7,9-12H,6,8,13H2,(H,25,28). The Morgan fingerprint density at radius 1 is 1.06 bits per heavy atom. The molecule has 0 bridgehead atoms. The summed E-state index contributed by atoms with van der Waals surface area (Å²) in [5, 5.41) is 4.60. The first-order chi connectivity index (χ1) is 15.4. The fourth-order valence-electron chi connectivity index (χ4n) is 3.75. The number of fused-ring (bicyclic) bond motifs is 2. The summed E-state index contributed by atoms with van der Waals surface area (Å²) in [4.78, 5) is 13.0. The van der Waals surface area contributed by atoms with Crippen molar-refractivity contribution in [3.05, 3.63) is 81.8 Å². The number of hydrogen-bond acceptors (Lipinski definition) is 6. The molecular formula is C22H17BrClN5O2S. The van der Waals surface area contributed by atoms with Gasteiger partial charge in [-0.2, -0.15) is 4.31 Å². The number of anilines is 2. The molecule has 0 radical (unpaired) electrons. The highest BCUT2D eigenvalue weighted by Crippen LogP contribution is 2.31. The van der Waals surface area contributed by atoms with Gasteiger partial charge in [-0.15, -0.1) is 0 Å². The maximum atomic E-state index is 13.1. The molecule has 0 fully saturated rings. The van der Waals surface area contributed by atoms with Crippen LogP contribution < -0.4 is 5.32 Å². The third-order valence-electron chi connectivity index (χ3n) is 5.37. The first-order valence-corrected chi connectivity index (χ1v) is 12.4. The van der Waals surface area contributed by atoms with E-state index in [1.807, 2.05) is 36.4 Å². The number of benzene rings is 1. The normalized spacial score (nSPS) is 14.3. The molecule has 10 heteroatoms. The van der Waals surface area contributed by atoms with Gasteiger partial charge in [-0.1, -0.05) is 29.8 Å². The van der Waals surface area contributed by atoms with Crippen LogP contribution in [0.15, 0.2) is 70.4 Å². The van der Waals surface area contributed by atoms with Crippen molar-refractivity contribution in [2.24, 2.45) is 0 Å². The van der Waals surface area contributed by atoms with E-state index in [0.717, 1.165) is 27.7 Å². The highest BCUT2D eigenvalue weighted by molar-refractivity contribution is 9.10. The van der Waals surface area contributed by atoms with Crippen LogP contribution in [0.4, 0.5) is 11.5 Å². The number of sulfonamides is 1. The fraction of sp³-hybridized carbons (Fsp3) is 0.136. The quantitative estimate of drug-likeness (QED) is 0.376. The van der Waals surface area contributed by atoms with Crippen molar-refractivity contribution in [1.29, 1.82) is 0 Å². The van der Waals surface area contributed by atoms with E-state index in [9.17, 15) is 8.42 Å². The highest BCUT2D eigenvalue weighted by Gasteiger charge is 2.30. The van der Waals surface area contributed by atoms with Gasteiger partial charge in [0, 0.05) is 36.4 Å². The molecule has 0 saturated heterocycles. The van der Waals surface area contributed by atoms with E-state index in [2.05, 4.69) is 36.2 Å². The van der Waals surface area contributed by atoms with Gasteiger partial charge < -0.3 is 5.32 Å². The summed E-state index contributed by atoms with van der Waals surface area (Å²) in [5.74, 6) is 0.715. The lowest BCUT2D eigenvalue weighted by molar-refractivity contribution is 0.391. The van der Waals surface area contributed by atoms with Crippen LogP contribution >= 0.6 is 27.5 Å². The number of rotatable bonds is 4. The van der Waals surface area contributed by atoms with Crippen LogP contribution in [0.5, 0.6) is 0 Å². The monoisotopic (exact) mass is 529 g/mol. The largest absolute Gasteiger partial charge is 0.339 e. The highest BCUT2D eigenvalue weighted by atomic mass is 79.9. The first-order valence-electron chi connectivity index (χ1n) is 9.81. The van der Waals surface area contributed by atoms with Gasteiger partial charge >= 0.3 is 0 Å². The van der Waals surface area contributed by atoms with Gasteiger partial charge in [0.15, 0.2) is 0 Å². The molecule has 5 rings (SSSR count). The summed E-state index contributed by atoms with van der Waals surface area (Å²) in [6.07, 6.45) is 5.28. The Morgan fingerprint density at radius 2 is 1.91 bits per heavy atom. The first kappa shape index (κ1) is 21.3. The predicted molar refractivity (Wildman–Crippen MR) is 128 cm³/mol. The molecule has 0 spiro atoms. The Bertz CT molecular complexity index is 1450. The molecule has 0 amide bonds. The summed E-state index contributed by atoms with van der Waals surface area (Å²) in [6.45, 7) is 0.594. The van der Waals surface area contributed by atoms with Gasteiger partial charge in [0.1, 0.15) is 15.9 Å². The lowest BCUT2D eigenvalue weighted by Gasteiger charge is -2.29. The second-order valence-corrected chi connectivity index (χ2v) is 10.5. The number of aromatic nitrogens is 3. The van der Waals surface area contributed by atoms with E-state index >= 15 is 0 Å². The fourth-order valence-corrected chi connectivity index (χ4v) is 5.74. The smallest absolute Gasteiger partial charge is 0.244 e. The maximum Gasteiger partial charge on any atom is 0.244 e. The second kappa shape index (κ2) is 8.40. The third kappa shape index (κ3) is 3.97. The van der Waals surface area contributed by atoms with Crippen molar-refractivity contribution >= 4 is 60.0 Å². The average Bonchev–Trinajstić information content (AvgIpc) is 2.80. The van der Waals surface area contributed by atoms with Crippen molar-refractivity contribution < 1.29 is 8.42 Å². The van der Waals surface area contributed by atoms with Crippen molar-refractivity contribution in [2.75, 3.05) is 11.9 Å². The van der Waals surface area contributed by atoms with Crippen molar-refractivity contribution in [1.82, 2.24) is 19.3 Å². The van der Waals surface area contributed by atoms with E-state index in [0.29, 0.717) is 23.3 Å².